The maximum Gasteiger partial charge on any atom is 0.260 e. The Bertz CT molecular complexity index is 1610. The van der Waals surface area contributed by atoms with E-state index in [4.69, 9.17) is 9.47 Å². The lowest BCUT2D eigenvalue weighted by Gasteiger charge is -2.23. The number of aliphatic hydroxyl groups excluding tert-OH is 1. The van der Waals surface area contributed by atoms with Gasteiger partial charge in [-0.3, -0.25) is 4.79 Å². The number of benzene rings is 4. The first-order valence-electron chi connectivity index (χ1n) is 12.4. The van der Waals surface area contributed by atoms with Crippen LogP contribution in [0.4, 0.5) is 4.39 Å². The summed E-state index contributed by atoms with van der Waals surface area (Å²) >= 11 is 0. The van der Waals surface area contributed by atoms with Crippen molar-refractivity contribution in [3.8, 4) is 11.5 Å². The molecule has 1 aliphatic heterocycles. The number of carbonyl (C=O) groups is 1. The van der Waals surface area contributed by atoms with Crippen LogP contribution in [0.15, 0.2) is 97.3 Å². The quantitative estimate of drug-likeness (QED) is 0.301. The van der Waals surface area contributed by atoms with Gasteiger partial charge in [0.25, 0.3) is 5.91 Å². The van der Waals surface area contributed by atoms with Gasteiger partial charge in [-0.15, -0.1) is 0 Å². The number of halogens is 1. The van der Waals surface area contributed by atoms with Gasteiger partial charge in [-0.05, 0) is 28.8 Å². The molecule has 0 spiro atoms. The van der Waals surface area contributed by atoms with Crippen LogP contribution in [0, 0.1) is 5.82 Å². The highest BCUT2D eigenvalue weighted by Crippen LogP contribution is 2.49. The molecule has 0 fully saturated rings. The molecule has 7 nitrogen and oxygen atoms in total. The standard InChI is InChI=1S/C31H24FN3O4/c1-38-28-23-24(31(37)35(30(23)36)18-19-12-14-22(32)15-13-19)29(26-25(28)33-16-17-34-26)39-27(20-8-4-2-5-9-20)21-10-6-3-7-11-21/h2-17,27,30,36H,18H2,1H3. The highest BCUT2D eigenvalue weighted by Gasteiger charge is 2.43. The maximum absolute atomic E-state index is 14.0. The molecule has 1 unspecified atom stereocenters. The van der Waals surface area contributed by atoms with Crippen LogP contribution in [0.25, 0.3) is 11.0 Å². The molecule has 6 rings (SSSR count). The van der Waals surface area contributed by atoms with Crippen molar-refractivity contribution in [2.45, 2.75) is 18.9 Å². The number of aliphatic hydroxyl groups is 1. The largest absolute Gasteiger partial charge is 0.494 e. The number of ether oxygens (including phenoxy) is 2. The number of aromatic nitrogens is 2. The molecule has 5 aromatic rings. The lowest BCUT2D eigenvalue weighted by molar-refractivity contribution is 0.0129. The van der Waals surface area contributed by atoms with Crippen LogP contribution in [0.1, 0.15) is 44.9 Å². The average molecular weight is 522 g/mol. The van der Waals surface area contributed by atoms with E-state index >= 15 is 0 Å². The molecule has 0 saturated heterocycles. The molecule has 1 aliphatic rings. The Labute approximate surface area is 224 Å². The Morgan fingerprint density at radius 2 is 1.44 bits per heavy atom. The first-order chi connectivity index (χ1) is 19.1. The zero-order valence-corrected chi connectivity index (χ0v) is 21.0. The predicted octanol–water partition coefficient (Wildman–Crippen LogP) is 5.59. The molecule has 2 heterocycles. The predicted molar refractivity (Wildman–Crippen MR) is 143 cm³/mol. The molecule has 8 heteroatoms. The van der Waals surface area contributed by atoms with E-state index in [2.05, 4.69) is 9.97 Å². The van der Waals surface area contributed by atoms with Crippen molar-refractivity contribution in [3.05, 3.63) is 131 Å². The summed E-state index contributed by atoms with van der Waals surface area (Å²) in [7, 11) is 1.46. The second kappa shape index (κ2) is 10.2. The summed E-state index contributed by atoms with van der Waals surface area (Å²) in [5.41, 5.74) is 3.53. The lowest BCUT2D eigenvalue weighted by atomic mass is 10.00. The number of carbonyl (C=O) groups excluding carboxylic acids is 1. The van der Waals surface area contributed by atoms with Crippen molar-refractivity contribution >= 4 is 16.9 Å². The Kier molecular flexibility index (Phi) is 6.38. The molecule has 0 aliphatic carbocycles. The molecule has 1 amide bonds. The molecule has 1 aromatic heterocycles. The summed E-state index contributed by atoms with van der Waals surface area (Å²) in [5.74, 6) is -0.386. The minimum atomic E-state index is -1.34. The first-order valence-corrected chi connectivity index (χ1v) is 12.4. The van der Waals surface area contributed by atoms with Crippen LogP contribution in [-0.4, -0.2) is 33.0 Å². The third kappa shape index (κ3) is 4.34. The number of amides is 1. The fourth-order valence-electron chi connectivity index (χ4n) is 4.99. The summed E-state index contributed by atoms with van der Waals surface area (Å²) in [6, 6.07) is 25.1. The summed E-state index contributed by atoms with van der Waals surface area (Å²) in [6.07, 6.45) is 1.12. The van der Waals surface area contributed by atoms with Gasteiger partial charge in [0.05, 0.1) is 18.2 Å². The number of hydrogen-bond acceptors (Lipinski definition) is 6. The van der Waals surface area contributed by atoms with Crippen LogP contribution in [0.5, 0.6) is 11.5 Å². The fourth-order valence-corrected chi connectivity index (χ4v) is 4.99. The van der Waals surface area contributed by atoms with Crippen LogP contribution in [0.2, 0.25) is 0 Å². The van der Waals surface area contributed by atoms with Gasteiger partial charge in [-0.1, -0.05) is 72.8 Å². The molecular weight excluding hydrogens is 497 g/mol. The van der Waals surface area contributed by atoms with E-state index in [1.165, 1.54) is 36.5 Å². The Morgan fingerprint density at radius 3 is 2.00 bits per heavy atom. The highest BCUT2D eigenvalue weighted by molar-refractivity contribution is 6.08. The maximum atomic E-state index is 14.0. The SMILES string of the molecule is COc1c2c(c(OC(c3ccccc3)c3ccccc3)c3nccnc13)C(=O)N(Cc1ccc(F)cc1)C2O. The molecule has 194 valence electrons. The minimum Gasteiger partial charge on any atom is -0.494 e. The third-order valence-electron chi connectivity index (χ3n) is 6.81. The highest BCUT2D eigenvalue weighted by atomic mass is 19.1. The molecular formula is C31H24FN3O4. The monoisotopic (exact) mass is 521 g/mol. The normalized spacial score (nSPS) is 14.6. The van der Waals surface area contributed by atoms with Crippen LogP contribution < -0.4 is 9.47 Å². The van der Waals surface area contributed by atoms with Gasteiger partial charge in [0.1, 0.15) is 23.0 Å². The second-order valence-corrected chi connectivity index (χ2v) is 9.16. The number of fused-ring (bicyclic) bond motifs is 2. The third-order valence-corrected chi connectivity index (χ3v) is 6.81. The summed E-state index contributed by atoms with van der Waals surface area (Å²) in [5, 5.41) is 11.4. The van der Waals surface area contributed by atoms with Gasteiger partial charge < -0.3 is 19.5 Å². The topological polar surface area (TPSA) is 84.8 Å². The Balaban J connectivity index is 1.53. The summed E-state index contributed by atoms with van der Waals surface area (Å²) in [4.78, 5) is 24.3. The van der Waals surface area contributed by atoms with Crippen LogP contribution in [-0.2, 0) is 6.54 Å². The molecule has 0 radical (unpaired) electrons. The van der Waals surface area contributed by atoms with E-state index in [1.54, 1.807) is 12.1 Å². The van der Waals surface area contributed by atoms with Gasteiger partial charge in [0.15, 0.2) is 17.7 Å². The number of hydrogen-bond donors (Lipinski definition) is 1. The molecule has 0 bridgehead atoms. The molecule has 39 heavy (non-hydrogen) atoms. The van der Waals surface area contributed by atoms with E-state index in [0.29, 0.717) is 16.6 Å². The smallest absolute Gasteiger partial charge is 0.260 e. The number of nitrogens with zero attached hydrogens (tertiary/aromatic N) is 3. The van der Waals surface area contributed by atoms with Crippen molar-refractivity contribution in [1.29, 1.82) is 0 Å². The zero-order chi connectivity index (χ0) is 26.9. The van der Waals surface area contributed by atoms with Gasteiger partial charge in [0.2, 0.25) is 0 Å². The van der Waals surface area contributed by atoms with E-state index < -0.39 is 18.2 Å². The van der Waals surface area contributed by atoms with E-state index in [1.807, 2.05) is 60.7 Å². The van der Waals surface area contributed by atoms with E-state index in [9.17, 15) is 14.3 Å². The van der Waals surface area contributed by atoms with Crippen LogP contribution >= 0.6 is 0 Å². The molecule has 4 aromatic carbocycles. The Morgan fingerprint density at radius 1 is 0.872 bits per heavy atom. The van der Waals surface area contributed by atoms with Crippen molar-refractivity contribution in [2.24, 2.45) is 0 Å². The minimum absolute atomic E-state index is 0.0511. The van der Waals surface area contributed by atoms with Crippen molar-refractivity contribution in [3.63, 3.8) is 0 Å². The van der Waals surface area contributed by atoms with Gasteiger partial charge in [0, 0.05) is 18.9 Å². The molecule has 0 saturated carbocycles. The molecule has 1 N–H and O–H groups in total. The van der Waals surface area contributed by atoms with Gasteiger partial charge >= 0.3 is 0 Å². The van der Waals surface area contributed by atoms with E-state index in [0.717, 1.165) is 11.1 Å². The van der Waals surface area contributed by atoms with Gasteiger partial charge in [-0.2, -0.15) is 0 Å². The first kappa shape index (κ1) is 24.5. The number of rotatable bonds is 7. The van der Waals surface area contributed by atoms with Crippen molar-refractivity contribution in [2.75, 3.05) is 7.11 Å². The fraction of sp³-hybridized carbons (Fsp3) is 0.129. The van der Waals surface area contributed by atoms with Crippen molar-refractivity contribution < 1.29 is 23.8 Å². The Hall–Kier alpha value is -4.82. The average Bonchev–Trinajstić information content (AvgIpc) is 3.22. The summed E-state index contributed by atoms with van der Waals surface area (Å²) < 4.78 is 25.9. The number of methoxy groups -OCH3 is 1. The zero-order valence-electron chi connectivity index (χ0n) is 21.0. The summed E-state index contributed by atoms with van der Waals surface area (Å²) in [6.45, 7) is 0.0511. The van der Waals surface area contributed by atoms with E-state index in [-0.39, 0.29) is 35.0 Å². The van der Waals surface area contributed by atoms with Crippen LogP contribution in [0.3, 0.4) is 0 Å². The lowest BCUT2D eigenvalue weighted by Crippen LogP contribution is -2.27. The van der Waals surface area contributed by atoms with Gasteiger partial charge in [-0.25, -0.2) is 14.4 Å². The van der Waals surface area contributed by atoms with Crippen molar-refractivity contribution in [1.82, 2.24) is 14.9 Å². The molecule has 1 atom stereocenters. The second-order valence-electron chi connectivity index (χ2n) is 9.16.